The van der Waals surface area contributed by atoms with Gasteiger partial charge in [-0.1, -0.05) is 6.92 Å². The average Bonchev–Trinajstić information content (AvgIpc) is 3.04. The molecular formula is C13H19N3O2S2. The van der Waals surface area contributed by atoms with Crippen LogP contribution in [0.15, 0.2) is 16.3 Å². The molecule has 1 saturated heterocycles. The molecule has 110 valence electrons. The van der Waals surface area contributed by atoms with E-state index < -0.39 is 6.04 Å². The number of thioether (sulfide) groups is 1. The van der Waals surface area contributed by atoms with Crippen molar-refractivity contribution in [1.82, 2.24) is 10.2 Å². The number of carbonyl (C=O) groups is 2. The lowest BCUT2D eigenvalue weighted by atomic mass is 10.1. The number of amides is 2. The SMILES string of the molecule is CCSc1ccc(C(=O)N2C[C@H](N)C[C@H]2C(=O)NC)s1. The second-order valence-electron chi connectivity index (χ2n) is 4.64. The first-order chi connectivity index (χ1) is 9.56. The first kappa shape index (κ1) is 15.3. The van der Waals surface area contributed by atoms with Gasteiger partial charge in [0, 0.05) is 19.6 Å². The van der Waals surface area contributed by atoms with E-state index in [1.807, 2.05) is 12.1 Å². The molecule has 0 saturated carbocycles. The molecule has 1 fully saturated rings. The van der Waals surface area contributed by atoms with E-state index in [1.54, 1.807) is 23.7 Å². The minimum atomic E-state index is -0.452. The highest BCUT2D eigenvalue weighted by Crippen LogP contribution is 2.29. The van der Waals surface area contributed by atoms with Crippen LogP contribution in [-0.2, 0) is 4.79 Å². The van der Waals surface area contributed by atoms with Crippen LogP contribution in [0.3, 0.4) is 0 Å². The van der Waals surface area contributed by atoms with Gasteiger partial charge in [-0.3, -0.25) is 9.59 Å². The van der Waals surface area contributed by atoms with Crippen molar-refractivity contribution in [2.45, 2.75) is 29.6 Å². The van der Waals surface area contributed by atoms with Gasteiger partial charge in [0.2, 0.25) is 5.91 Å². The highest BCUT2D eigenvalue weighted by atomic mass is 32.2. The van der Waals surface area contributed by atoms with E-state index in [1.165, 1.54) is 11.3 Å². The molecule has 1 aliphatic heterocycles. The fraction of sp³-hybridized carbons (Fsp3) is 0.538. The van der Waals surface area contributed by atoms with E-state index in [4.69, 9.17) is 5.73 Å². The number of nitrogens with zero attached hydrogens (tertiary/aromatic N) is 1. The van der Waals surface area contributed by atoms with Crippen molar-refractivity contribution in [3.8, 4) is 0 Å². The van der Waals surface area contributed by atoms with Gasteiger partial charge >= 0.3 is 0 Å². The number of likely N-dealkylation sites (tertiary alicyclic amines) is 1. The summed E-state index contributed by atoms with van der Waals surface area (Å²) in [6, 6.07) is 3.20. The summed E-state index contributed by atoms with van der Waals surface area (Å²) in [6.07, 6.45) is 0.521. The quantitative estimate of drug-likeness (QED) is 0.818. The number of hydrogen-bond donors (Lipinski definition) is 2. The monoisotopic (exact) mass is 313 g/mol. The lowest BCUT2D eigenvalue weighted by Gasteiger charge is -2.22. The lowest BCUT2D eigenvalue weighted by molar-refractivity contribution is -0.124. The van der Waals surface area contributed by atoms with Gasteiger partial charge < -0.3 is 16.0 Å². The smallest absolute Gasteiger partial charge is 0.264 e. The van der Waals surface area contributed by atoms with Gasteiger partial charge in [0.15, 0.2) is 0 Å². The van der Waals surface area contributed by atoms with E-state index in [0.717, 1.165) is 9.96 Å². The Morgan fingerprint density at radius 2 is 2.30 bits per heavy atom. The molecule has 20 heavy (non-hydrogen) atoms. The molecule has 0 aromatic carbocycles. The summed E-state index contributed by atoms with van der Waals surface area (Å²) in [7, 11) is 1.58. The summed E-state index contributed by atoms with van der Waals surface area (Å²) in [5.74, 6) is 0.731. The van der Waals surface area contributed by atoms with Crippen molar-refractivity contribution in [3.05, 3.63) is 17.0 Å². The van der Waals surface area contributed by atoms with Gasteiger partial charge in [-0.25, -0.2) is 0 Å². The third-order valence-electron chi connectivity index (χ3n) is 3.22. The average molecular weight is 313 g/mol. The van der Waals surface area contributed by atoms with Gasteiger partial charge in [-0.2, -0.15) is 0 Å². The maximum absolute atomic E-state index is 12.5. The largest absolute Gasteiger partial charge is 0.357 e. The van der Waals surface area contributed by atoms with Crippen molar-refractivity contribution >= 4 is 34.9 Å². The predicted octanol–water partition coefficient (Wildman–Crippen LogP) is 1.15. The van der Waals surface area contributed by atoms with Crippen molar-refractivity contribution in [2.24, 2.45) is 5.73 Å². The van der Waals surface area contributed by atoms with Gasteiger partial charge in [0.25, 0.3) is 5.91 Å². The Kier molecular flexibility index (Phi) is 5.06. The van der Waals surface area contributed by atoms with Crippen LogP contribution in [0.4, 0.5) is 0 Å². The molecule has 1 aliphatic rings. The highest BCUT2D eigenvalue weighted by molar-refractivity contribution is 8.01. The fourth-order valence-corrected chi connectivity index (χ4v) is 4.31. The van der Waals surface area contributed by atoms with Crippen molar-refractivity contribution in [2.75, 3.05) is 19.3 Å². The maximum Gasteiger partial charge on any atom is 0.264 e. The zero-order valence-electron chi connectivity index (χ0n) is 11.6. The molecule has 2 heterocycles. The van der Waals surface area contributed by atoms with Crippen LogP contribution in [0.25, 0.3) is 0 Å². The number of thiophene rings is 1. The molecule has 2 amide bonds. The molecular weight excluding hydrogens is 294 g/mol. The summed E-state index contributed by atoms with van der Waals surface area (Å²) in [5, 5.41) is 2.60. The normalized spacial score (nSPS) is 22.1. The van der Waals surface area contributed by atoms with Crippen LogP contribution >= 0.6 is 23.1 Å². The number of likely N-dealkylation sites (N-methyl/N-ethyl adjacent to an activating group) is 1. The molecule has 0 unspecified atom stereocenters. The summed E-state index contributed by atoms with van der Waals surface area (Å²) in [4.78, 5) is 26.6. The Morgan fingerprint density at radius 1 is 1.55 bits per heavy atom. The Labute approximate surface area is 126 Å². The number of carbonyl (C=O) groups excluding carboxylic acids is 2. The third-order valence-corrected chi connectivity index (χ3v) is 5.40. The summed E-state index contributed by atoms with van der Waals surface area (Å²) in [5.41, 5.74) is 5.90. The number of hydrogen-bond acceptors (Lipinski definition) is 5. The van der Waals surface area contributed by atoms with Crippen molar-refractivity contribution in [3.63, 3.8) is 0 Å². The molecule has 0 bridgehead atoms. The van der Waals surface area contributed by atoms with E-state index in [0.29, 0.717) is 17.8 Å². The van der Waals surface area contributed by atoms with Gasteiger partial charge in [-0.15, -0.1) is 23.1 Å². The molecule has 5 nitrogen and oxygen atoms in total. The standard InChI is InChI=1S/C13H19N3O2S2/c1-3-19-11-5-4-10(20-11)13(18)16-7-8(14)6-9(16)12(17)15-2/h4-5,8-9H,3,6-7,14H2,1-2H3,(H,15,17)/t8-,9+/m1/s1. The Bertz CT molecular complexity index is 504. The van der Waals surface area contributed by atoms with E-state index >= 15 is 0 Å². The zero-order chi connectivity index (χ0) is 14.7. The molecule has 2 rings (SSSR count). The number of rotatable bonds is 4. The van der Waals surface area contributed by atoms with Crippen LogP contribution < -0.4 is 11.1 Å². The van der Waals surface area contributed by atoms with Crippen molar-refractivity contribution < 1.29 is 9.59 Å². The lowest BCUT2D eigenvalue weighted by Crippen LogP contribution is -2.44. The summed E-state index contributed by atoms with van der Waals surface area (Å²) in [6.45, 7) is 2.51. The van der Waals surface area contributed by atoms with Crippen LogP contribution in [0, 0.1) is 0 Å². The zero-order valence-corrected chi connectivity index (χ0v) is 13.2. The molecule has 0 aliphatic carbocycles. The molecule has 7 heteroatoms. The number of nitrogens with one attached hydrogen (secondary N) is 1. The third kappa shape index (κ3) is 3.16. The summed E-state index contributed by atoms with van der Waals surface area (Å²) >= 11 is 3.19. The summed E-state index contributed by atoms with van der Waals surface area (Å²) < 4.78 is 1.12. The van der Waals surface area contributed by atoms with E-state index in [9.17, 15) is 9.59 Å². The second kappa shape index (κ2) is 6.60. The Hall–Kier alpha value is -1.05. The first-order valence-electron chi connectivity index (χ1n) is 6.57. The van der Waals surface area contributed by atoms with Crippen LogP contribution in [0.1, 0.15) is 23.0 Å². The molecule has 1 aromatic rings. The van der Waals surface area contributed by atoms with Gasteiger partial charge in [0.1, 0.15) is 6.04 Å². The molecule has 1 aromatic heterocycles. The van der Waals surface area contributed by atoms with E-state index in [2.05, 4.69) is 12.2 Å². The molecule has 2 atom stereocenters. The number of nitrogens with two attached hydrogens (primary N) is 1. The van der Waals surface area contributed by atoms with E-state index in [-0.39, 0.29) is 17.9 Å². The maximum atomic E-state index is 12.5. The van der Waals surface area contributed by atoms with Crippen LogP contribution in [0.5, 0.6) is 0 Å². The minimum Gasteiger partial charge on any atom is -0.357 e. The van der Waals surface area contributed by atoms with Crippen LogP contribution in [0.2, 0.25) is 0 Å². The van der Waals surface area contributed by atoms with Crippen molar-refractivity contribution in [1.29, 1.82) is 0 Å². The van der Waals surface area contributed by atoms with Gasteiger partial charge in [0.05, 0.1) is 9.09 Å². The fourth-order valence-electron chi connectivity index (χ4n) is 2.30. The molecule has 3 N–H and O–H groups in total. The predicted molar refractivity (Wildman–Crippen MR) is 82.2 cm³/mol. The second-order valence-corrected chi connectivity index (χ2v) is 7.28. The van der Waals surface area contributed by atoms with Gasteiger partial charge in [-0.05, 0) is 24.3 Å². The van der Waals surface area contributed by atoms with Crippen LogP contribution in [-0.4, -0.2) is 48.1 Å². The first-order valence-corrected chi connectivity index (χ1v) is 8.37. The molecule has 0 spiro atoms. The molecule has 0 radical (unpaired) electrons. The Morgan fingerprint density at radius 3 is 2.95 bits per heavy atom. The topological polar surface area (TPSA) is 75.4 Å². The highest BCUT2D eigenvalue weighted by Gasteiger charge is 2.38. The Balaban J connectivity index is 2.15. The minimum absolute atomic E-state index is 0.0977.